The van der Waals surface area contributed by atoms with E-state index in [0.717, 1.165) is 6.07 Å². The van der Waals surface area contributed by atoms with E-state index in [1.165, 1.54) is 24.4 Å². The minimum absolute atomic E-state index is 0.0745. The van der Waals surface area contributed by atoms with Crippen molar-refractivity contribution in [1.29, 1.82) is 5.26 Å². The van der Waals surface area contributed by atoms with Crippen molar-refractivity contribution in [3.63, 3.8) is 0 Å². The van der Waals surface area contributed by atoms with Gasteiger partial charge in [0.15, 0.2) is 0 Å². The molecule has 1 heterocycles. The number of nitrogens with zero attached hydrogens (tertiary/aromatic N) is 2. The molecule has 5 nitrogen and oxygen atoms in total. The number of hydrogen-bond acceptors (Lipinski definition) is 4. The Morgan fingerprint density at radius 3 is 2.90 bits per heavy atom. The minimum Gasteiger partial charge on any atom is -0.382 e. The maximum atomic E-state index is 13.4. The molecule has 0 saturated carbocycles. The summed E-state index contributed by atoms with van der Waals surface area (Å²) in [6, 6.07) is 6.97. The van der Waals surface area contributed by atoms with E-state index >= 15 is 0 Å². The summed E-state index contributed by atoms with van der Waals surface area (Å²) in [5.41, 5.74) is 5.42. The normalized spacial score (nSPS) is 9.85. The third-order valence-electron chi connectivity index (χ3n) is 2.51. The zero-order chi connectivity index (χ0) is 14.7. The standard InChI is InChI=1S/C13H8ClFN4O/c14-9-4-7(6-18-12(9)17)13(20)19-11-3-1-2-10(15)8(11)5-16/h1-4,6H,(H2,17,18)(H,19,20). The molecule has 2 aromatic rings. The lowest BCUT2D eigenvalue weighted by Gasteiger charge is -2.08. The van der Waals surface area contributed by atoms with Gasteiger partial charge in [-0.3, -0.25) is 4.79 Å². The van der Waals surface area contributed by atoms with Gasteiger partial charge in [-0.05, 0) is 18.2 Å². The maximum absolute atomic E-state index is 13.4. The van der Waals surface area contributed by atoms with Crippen LogP contribution in [0.25, 0.3) is 0 Å². The van der Waals surface area contributed by atoms with Crippen LogP contribution in [-0.2, 0) is 0 Å². The van der Waals surface area contributed by atoms with Crippen molar-refractivity contribution in [3.8, 4) is 6.07 Å². The van der Waals surface area contributed by atoms with E-state index in [1.807, 2.05) is 0 Å². The van der Waals surface area contributed by atoms with Crippen LogP contribution in [0.15, 0.2) is 30.5 Å². The minimum atomic E-state index is -0.709. The fourth-order valence-electron chi connectivity index (χ4n) is 1.51. The molecule has 0 unspecified atom stereocenters. The number of carbonyl (C=O) groups excluding carboxylic acids is 1. The fourth-order valence-corrected chi connectivity index (χ4v) is 1.68. The van der Waals surface area contributed by atoms with Crippen LogP contribution < -0.4 is 11.1 Å². The molecule has 1 aromatic carbocycles. The zero-order valence-corrected chi connectivity index (χ0v) is 10.8. The molecule has 0 fully saturated rings. The average Bonchev–Trinajstić information content (AvgIpc) is 2.42. The predicted molar refractivity (Wildman–Crippen MR) is 72.7 cm³/mol. The summed E-state index contributed by atoms with van der Waals surface area (Å²) < 4.78 is 13.4. The molecule has 1 aromatic heterocycles. The molecule has 3 N–H and O–H groups in total. The first kappa shape index (κ1) is 13.8. The molecule has 2 rings (SSSR count). The number of carbonyl (C=O) groups is 1. The molecule has 1 amide bonds. The Morgan fingerprint density at radius 1 is 1.50 bits per heavy atom. The van der Waals surface area contributed by atoms with Gasteiger partial charge in [0.1, 0.15) is 23.3 Å². The molecule has 20 heavy (non-hydrogen) atoms. The Kier molecular flexibility index (Phi) is 3.82. The quantitative estimate of drug-likeness (QED) is 0.889. The number of pyridine rings is 1. The number of nitrogens with one attached hydrogen (secondary N) is 1. The summed E-state index contributed by atoms with van der Waals surface area (Å²) >= 11 is 5.76. The summed E-state index contributed by atoms with van der Waals surface area (Å²) in [5, 5.41) is 11.4. The van der Waals surface area contributed by atoms with Crippen molar-refractivity contribution in [2.24, 2.45) is 0 Å². The number of aromatic nitrogens is 1. The maximum Gasteiger partial charge on any atom is 0.257 e. The predicted octanol–water partition coefficient (Wildman–Crippen LogP) is 2.58. The number of halogens is 2. The van der Waals surface area contributed by atoms with E-state index in [4.69, 9.17) is 22.6 Å². The van der Waals surface area contributed by atoms with Crippen molar-refractivity contribution in [2.75, 3.05) is 11.1 Å². The van der Waals surface area contributed by atoms with Crippen LogP contribution in [0.2, 0.25) is 5.02 Å². The highest BCUT2D eigenvalue weighted by molar-refractivity contribution is 6.33. The van der Waals surface area contributed by atoms with Crippen LogP contribution in [-0.4, -0.2) is 10.9 Å². The van der Waals surface area contributed by atoms with Gasteiger partial charge in [0.25, 0.3) is 5.91 Å². The Bertz CT molecular complexity index is 727. The fraction of sp³-hybridized carbons (Fsp3) is 0. The van der Waals surface area contributed by atoms with Crippen molar-refractivity contribution in [1.82, 2.24) is 4.98 Å². The third kappa shape index (κ3) is 2.68. The molecule has 0 saturated heterocycles. The second-order valence-corrected chi connectivity index (χ2v) is 4.23. The Hall–Kier alpha value is -2.65. The SMILES string of the molecule is N#Cc1c(F)cccc1NC(=O)c1cnc(N)c(Cl)c1. The monoisotopic (exact) mass is 290 g/mol. The van der Waals surface area contributed by atoms with Gasteiger partial charge in [-0.1, -0.05) is 17.7 Å². The summed E-state index contributed by atoms with van der Waals surface area (Å²) in [6.45, 7) is 0. The highest BCUT2D eigenvalue weighted by Gasteiger charge is 2.13. The second-order valence-electron chi connectivity index (χ2n) is 3.82. The lowest BCUT2D eigenvalue weighted by molar-refractivity contribution is 0.102. The Labute approximate surface area is 118 Å². The van der Waals surface area contributed by atoms with Crippen LogP contribution in [0.3, 0.4) is 0 Å². The average molecular weight is 291 g/mol. The van der Waals surface area contributed by atoms with Crippen LogP contribution in [0.5, 0.6) is 0 Å². The first-order chi connectivity index (χ1) is 9.52. The van der Waals surface area contributed by atoms with E-state index in [0.29, 0.717) is 0 Å². The molecule has 0 aliphatic carbocycles. The van der Waals surface area contributed by atoms with E-state index in [1.54, 1.807) is 6.07 Å². The van der Waals surface area contributed by atoms with Gasteiger partial charge in [0, 0.05) is 6.20 Å². The molecule has 0 atom stereocenters. The van der Waals surface area contributed by atoms with Crippen LogP contribution in [0, 0.1) is 17.1 Å². The molecule has 100 valence electrons. The number of rotatable bonds is 2. The van der Waals surface area contributed by atoms with E-state index in [9.17, 15) is 9.18 Å². The number of anilines is 2. The first-order valence-corrected chi connectivity index (χ1v) is 5.81. The topological polar surface area (TPSA) is 91.8 Å². The largest absolute Gasteiger partial charge is 0.382 e. The molecular weight excluding hydrogens is 283 g/mol. The van der Waals surface area contributed by atoms with Gasteiger partial charge >= 0.3 is 0 Å². The van der Waals surface area contributed by atoms with Crippen molar-refractivity contribution in [2.45, 2.75) is 0 Å². The second kappa shape index (κ2) is 5.55. The number of hydrogen-bond donors (Lipinski definition) is 2. The van der Waals surface area contributed by atoms with Crippen molar-refractivity contribution < 1.29 is 9.18 Å². The highest BCUT2D eigenvalue weighted by atomic mass is 35.5. The summed E-state index contributed by atoms with van der Waals surface area (Å²) in [7, 11) is 0. The highest BCUT2D eigenvalue weighted by Crippen LogP contribution is 2.20. The van der Waals surface area contributed by atoms with Crippen LogP contribution >= 0.6 is 11.6 Å². The number of benzene rings is 1. The number of amides is 1. The number of nitrogens with two attached hydrogens (primary N) is 1. The smallest absolute Gasteiger partial charge is 0.257 e. The van der Waals surface area contributed by atoms with Gasteiger partial charge in [0.05, 0.1) is 16.3 Å². The Morgan fingerprint density at radius 2 is 2.25 bits per heavy atom. The van der Waals surface area contributed by atoms with E-state index in [-0.39, 0.29) is 27.7 Å². The third-order valence-corrected chi connectivity index (χ3v) is 2.81. The van der Waals surface area contributed by atoms with Crippen molar-refractivity contribution in [3.05, 3.63) is 52.4 Å². The summed E-state index contributed by atoms with van der Waals surface area (Å²) in [4.78, 5) is 15.7. The zero-order valence-electron chi connectivity index (χ0n) is 10.0. The molecule has 0 aliphatic rings. The lowest BCUT2D eigenvalue weighted by Crippen LogP contribution is -2.14. The summed E-state index contributed by atoms with van der Waals surface area (Å²) in [6.07, 6.45) is 1.24. The van der Waals surface area contributed by atoms with E-state index in [2.05, 4.69) is 10.3 Å². The number of nitriles is 1. The van der Waals surface area contributed by atoms with Gasteiger partial charge in [0.2, 0.25) is 0 Å². The van der Waals surface area contributed by atoms with Gasteiger partial charge in [-0.25, -0.2) is 9.37 Å². The van der Waals surface area contributed by atoms with Crippen LogP contribution in [0.1, 0.15) is 15.9 Å². The lowest BCUT2D eigenvalue weighted by atomic mass is 10.1. The molecule has 7 heteroatoms. The molecule has 0 spiro atoms. The molecule has 0 radical (unpaired) electrons. The molecule has 0 bridgehead atoms. The summed E-state index contributed by atoms with van der Waals surface area (Å²) in [5.74, 6) is -1.17. The van der Waals surface area contributed by atoms with Crippen molar-refractivity contribution >= 4 is 29.0 Å². The van der Waals surface area contributed by atoms with Gasteiger partial charge in [-0.15, -0.1) is 0 Å². The number of nitrogen functional groups attached to an aromatic ring is 1. The van der Waals surface area contributed by atoms with E-state index < -0.39 is 11.7 Å². The Balaban J connectivity index is 2.31. The molecular formula is C13H8ClFN4O. The van der Waals surface area contributed by atoms with Gasteiger partial charge < -0.3 is 11.1 Å². The van der Waals surface area contributed by atoms with Crippen LogP contribution in [0.4, 0.5) is 15.9 Å². The molecule has 0 aliphatic heterocycles. The first-order valence-electron chi connectivity index (χ1n) is 5.44. The van der Waals surface area contributed by atoms with Gasteiger partial charge in [-0.2, -0.15) is 5.26 Å².